The van der Waals surface area contributed by atoms with Crippen LogP contribution in [0.25, 0.3) is 33.4 Å². The van der Waals surface area contributed by atoms with Crippen molar-refractivity contribution >= 4 is 0 Å². The Bertz CT molecular complexity index is 2460. The van der Waals surface area contributed by atoms with Crippen molar-refractivity contribution in [1.82, 2.24) is 4.98 Å². The molecular weight excluding hydrogens is 859 g/mol. The highest BCUT2D eigenvalue weighted by atomic mass is 16.3. The fourth-order valence-corrected chi connectivity index (χ4v) is 9.50. The first kappa shape index (κ1) is 57.2. The molecule has 0 atom stereocenters. The third-order valence-electron chi connectivity index (χ3n) is 14.2. The molecule has 0 saturated heterocycles. The van der Waals surface area contributed by atoms with Gasteiger partial charge in [0.15, 0.2) is 0 Å². The first-order valence-electron chi connectivity index (χ1n) is 26.6. The molecule has 0 spiro atoms. The fraction of sp³-hybridized carbons (Fsp3) is 0.462. The van der Waals surface area contributed by atoms with Crippen LogP contribution in [0.2, 0.25) is 0 Å². The number of aliphatic hydroxyl groups is 1. The zero-order chi connectivity index (χ0) is 51.3. The lowest BCUT2D eigenvalue weighted by Gasteiger charge is -2.26. The minimum absolute atomic E-state index is 0.0114. The van der Waals surface area contributed by atoms with Crippen molar-refractivity contribution in [2.45, 2.75) is 195 Å². The van der Waals surface area contributed by atoms with E-state index in [2.05, 4.69) is 124 Å². The summed E-state index contributed by atoms with van der Waals surface area (Å²) in [4.78, 5) is 4.02. The number of aromatic hydroxyl groups is 3. The van der Waals surface area contributed by atoms with E-state index in [0.717, 1.165) is 58.2 Å². The molecule has 1 heterocycles. The van der Waals surface area contributed by atoms with Gasteiger partial charge in [-0.25, -0.2) is 0 Å². The molecule has 4 N–H and O–H groups in total. The summed E-state index contributed by atoms with van der Waals surface area (Å²) in [5.74, 6) is 1.05. The molecule has 0 bridgehead atoms. The van der Waals surface area contributed by atoms with Gasteiger partial charge in [-0.05, 0) is 125 Å². The summed E-state index contributed by atoms with van der Waals surface area (Å²) in [6, 6.07) is 36.3. The number of rotatable bonds is 22. The molecule has 0 unspecified atom stereocenters. The van der Waals surface area contributed by atoms with Crippen LogP contribution in [0.3, 0.4) is 0 Å². The number of benzene rings is 5. The average molecular weight is 948 g/mol. The van der Waals surface area contributed by atoms with Gasteiger partial charge < -0.3 is 20.4 Å². The minimum atomic E-state index is 0.0114. The quantitative estimate of drug-likeness (QED) is 0.0509. The number of hydrogen-bond acceptors (Lipinski definition) is 5. The lowest BCUT2D eigenvalue weighted by atomic mass is 9.79. The van der Waals surface area contributed by atoms with Gasteiger partial charge in [-0.2, -0.15) is 0 Å². The molecule has 5 heteroatoms. The molecule has 0 aliphatic carbocycles. The Morgan fingerprint density at radius 3 is 1.16 bits per heavy atom. The molecule has 0 aliphatic heterocycles. The molecule has 1 aromatic heterocycles. The summed E-state index contributed by atoms with van der Waals surface area (Å²) >= 11 is 0. The van der Waals surface area contributed by atoms with Crippen LogP contribution >= 0.6 is 0 Å². The van der Waals surface area contributed by atoms with E-state index in [4.69, 9.17) is 0 Å². The zero-order valence-corrected chi connectivity index (χ0v) is 45.1. The number of aromatic nitrogens is 1. The third kappa shape index (κ3) is 17.5. The van der Waals surface area contributed by atoms with Gasteiger partial charge in [0.2, 0.25) is 0 Å². The smallest absolute Gasteiger partial charge is 0.123 e. The number of pyridine rings is 1. The Balaban J connectivity index is 0.000000229. The van der Waals surface area contributed by atoms with Crippen molar-refractivity contribution in [2.24, 2.45) is 0 Å². The van der Waals surface area contributed by atoms with Crippen LogP contribution in [0, 0.1) is 13.8 Å². The SMILES string of the molecule is CCCCCCC(C)(C)c1ccc(-c2cc(C)cc(C)c2)c(O)c1.CCCCCCC(C)(C)c1ccc(-c2cccc(CO)c2)c(O)c1.CCCCCCC(C)(C)c1ccc(-c2ccncc2)c(O)c1. The molecule has 70 heavy (non-hydrogen) atoms. The molecule has 0 saturated carbocycles. The van der Waals surface area contributed by atoms with Crippen molar-refractivity contribution in [1.29, 1.82) is 0 Å². The largest absolute Gasteiger partial charge is 0.507 e. The Kier molecular flexibility index (Phi) is 22.8. The highest BCUT2D eigenvalue weighted by Gasteiger charge is 2.24. The van der Waals surface area contributed by atoms with Gasteiger partial charge in [-0.15, -0.1) is 0 Å². The van der Waals surface area contributed by atoms with E-state index in [1.807, 2.05) is 66.7 Å². The van der Waals surface area contributed by atoms with Gasteiger partial charge in [0, 0.05) is 29.1 Å². The van der Waals surface area contributed by atoms with Gasteiger partial charge in [0.05, 0.1) is 6.61 Å². The molecule has 0 aliphatic rings. The normalized spacial score (nSPS) is 11.7. The summed E-state index contributed by atoms with van der Waals surface area (Å²) in [6.45, 7) is 24.5. The van der Waals surface area contributed by atoms with Crippen molar-refractivity contribution < 1.29 is 20.4 Å². The number of hydrogen-bond donors (Lipinski definition) is 4. The lowest BCUT2D eigenvalue weighted by molar-refractivity contribution is 0.282. The van der Waals surface area contributed by atoms with Gasteiger partial charge in [0.1, 0.15) is 17.2 Å². The van der Waals surface area contributed by atoms with Gasteiger partial charge >= 0.3 is 0 Å². The van der Waals surface area contributed by atoms with Crippen molar-refractivity contribution in [3.05, 3.63) is 155 Å². The summed E-state index contributed by atoms with van der Waals surface area (Å²) < 4.78 is 0. The first-order valence-corrected chi connectivity index (χ1v) is 26.6. The number of nitrogens with zero attached hydrogens (tertiary/aromatic N) is 1. The first-order chi connectivity index (χ1) is 33.3. The second-order valence-electron chi connectivity index (χ2n) is 21.8. The van der Waals surface area contributed by atoms with Crippen molar-refractivity contribution in [2.75, 3.05) is 0 Å². The maximum atomic E-state index is 10.6. The third-order valence-corrected chi connectivity index (χ3v) is 14.2. The zero-order valence-electron chi connectivity index (χ0n) is 45.1. The maximum absolute atomic E-state index is 10.6. The highest BCUT2D eigenvalue weighted by molar-refractivity contribution is 5.73. The lowest BCUT2D eigenvalue weighted by Crippen LogP contribution is -2.16. The van der Waals surface area contributed by atoms with E-state index in [1.165, 1.54) is 105 Å². The van der Waals surface area contributed by atoms with Crippen LogP contribution in [0.1, 0.15) is 192 Å². The Morgan fingerprint density at radius 1 is 0.400 bits per heavy atom. The van der Waals surface area contributed by atoms with Crippen LogP contribution in [0.4, 0.5) is 0 Å². The Hall–Kier alpha value is -5.39. The molecule has 0 amide bonds. The van der Waals surface area contributed by atoms with Crippen LogP contribution in [0.5, 0.6) is 17.2 Å². The monoisotopic (exact) mass is 948 g/mol. The van der Waals surface area contributed by atoms with E-state index in [9.17, 15) is 20.4 Å². The number of aliphatic hydroxyl groups excluding tert-OH is 1. The second-order valence-corrected chi connectivity index (χ2v) is 21.8. The topological polar surface area (TPSA) is 93.8 Å². The molecule has 5 aromatic carbocycles. The summed E-state index contributed by atoms with van der Waals surface area (Å²) in [7, 11) is 0. The summed E-state index contributed by atoms with van der Waals surface area (Å²) in [5.41, 5.74) is 12.8. The van der Waals surface area contributed by atoms with Crippen molar-refractivity contribution in [3.8, 4) is 50.6 Å². The van der Waals surface area contributed by atoms with Gasteiger partial charge in [-0.3, -0.25) is 4.98 Å². The molecule has 6 rings (SSSR count). The average Bonchev–Trinajstić information content (AvgIpc) is 3.33. The predicted molar refractivity (Wildman–Crippen MR) is 299 cm³/mol. The molecule has 0 fully saturated rings. The maximum Gasteiger partial charge on any atom is 0.123 e. The van der Waals surface area contributed by atoms with E-state index in [1.54, 1.807) is 12.4 Å². The van der Waals surface area contributed by atoms with E-state index < -0.39 is 0 Å². The Labute approximate surface area is 424 Å². The van der Waals surface area contributed by atoms with Crippen LogP contribution in [0.15, 0.2) is 122 Å². The Morgan fingerprint density at radius 2 is 0.786 bits per heavy atom. The molecular formula is C65H89NO4. The van der Waals surface area contributed by atoms with Gasteiger partial charge in [-0.1, -0.05) is 223 Å². The molecule has 378 valence electrons. The van der Waals surface area contributed by atoms with Crippen LogP contribution in [-0.4, -0.2) is 25.4 Å². The standard InChI is InChI=1S/C23H32O.C22H30O2.C20H27NO/c1-6-7-8-9-12-23(4,5)20-10-11-21(22(24)16-20)19-14-17(2)13-18(3)15-19;1-4-5-6-7-13-22(2,3)19-11-12-20(21(24)15-19)18-10-8-9-17(14-18)16-23;1-4-5-6-7-12-20(2,3)17-8-9-18(19(22)15-17)16-10-13-21-14-11-16/h10-11,13-16,24H,6-9,12H2,1-5H3;8-12,14-15,23-24H,4-7,13,16H2,1-3H3;8-11,13-15,22H,4-7,12H2,1-3H3. The van der Waals surface area contributed by atoms with Gasteiger partial charge in [0.25, 0.3) is 0 Å². The predicted octanol–water partition coefficient (Wildman–Crippen LogP) is 18.4. The van der Waals surface area contributed by atoms with Crippen molar-refractivity contribution in [3.63, 3.8) is 0 Å². The fourth-order valence-electron chi connectivity index (χ4n) is 9.50. The van der Waals surface area contributed by atoms with Crippen LogP contribution < -0.4 is 0 Å². The highest BCUT2D eigenvalue weighted by Crippen LogP contribution is 2.40. The summed E-state index contributed by atoms with van der Waals surface area (Å²) in [6.07, 6.45) is 22.2. The number of aryl methyl sites for hydroxylation is 2. The number of phenolic OH excluding ortho intramolecular Hbond substituents is 3. The van der Waals surface area contributed by atoms with Crippen LogP contribution in [-0.2, 0) is 22.9 Å². The number of unbranched alkanes of at least 4 members (excludes halogenated alkanes) is 9. The van der Waals surface area contributed by atoms with E-state index >= 15 is 0 Å². The molecule has 0 radical (unpaired) electrons. The molecule has 5 nitrogen and oxygen atoms in total. The summed E-state index contributed by atoms with van der Waals surface area (Å²) in [5, 5.41) is 40.8. The molecule has 6 aromatic rings. The minimum Gasteiger partial charge on any atom is -0.507 e. The van der Waals surface area contributed by atoms with E-state index in [-0.39, 0.29) is 22.9 Å². The second kappa shape index (κ2) is 27.9. The van der Waals surface area contributed by atoms with E-state index in [0.29, 0.717) is 17.2 Å². The number of phenols is 3.